The number of aliphatic hydroxyl groups excluding tert-OH is 1. The van der Waals surface area contributed by atoms with Crippen LogP contribution in [0, 0.1) is 23.7 Å². The molecule has 4 amide bonds. The van der Waals surface area contributed by atoms with Crippen molar-refractivity contribution >= 4 is 52.9 Å². The number of Topliss-reactive ketones (excluding diaryl/α,β-unsaturated/α-hetero) is 3. The molecule has 1 aromatic rings. The van der Waals surface area contributed by atoms with E-state index in [1.807, 2.05) is 0 Å². The first-order valence-corrected chi connectivity index (χ1v) is 19.4. The summed E-state index contributed by atoms with van der Waals surface area (Å²) in [4.78, 5) is 109. The van der Waals surface area contributed by atoms with Crippen LogP contribution in [-0.4, -0.2) is 116 Å². The molecule has 13 N–H and O–H groups in total. The van der Waals surface area contributed by atoms with Gasteiger partial charge in [-0.3, -0.25) is 43.3 Å². The van der Waals surface area contributed by atoms with E-state index in [9.17, 15) is 53.7 Å². The molecular formula is C39H60N8O11. The van der Waals surface area contributed by atoms with Crippen LogP contribution >= 0.6 is 0 Å². The average molecular weight is 817 g/mol. The number of likely N-dealkylation sites (tertiary alicyclic amines) is 1. The Labute approximate surface area is 337 Å². The summed E-state index contributed by atoms with van der Waals surface area (Å²) in [5.74, 6) is -8.75. The minimum absolute atomic E-state index is 0.0132. The van der Waals surface area contributed by atoms with Crippen LogP contribution in [0.1, 0.15) is 84.6 Å². The van der Waals surface area contributed by atoms with Crippen LogP contribution in [0.2, 0.25) is 0 Å². The number of carboxylic acid groups (broad SMARTS) is 1. The number of nitrogens with one attached hydrogen (secondary N) is 2. The molecule has 19 heteroatoms. The molecule has 1 saturated heterocycles. The van der Waals surface area contributed by atoms with Crippen LogP contribution in [0.4, 0.5) is 0 Å². The van der Waals surface area contributed by atoms with Gasteiger partial charge < -0.3 is 53.8 Å². The third-order valence-electron chi connectivity index (χ3n) is 10.3. The van der Waals surface area contributed by atoms with Gasteiger partial charge in [0.25, 0.3) is 0 Å². The molecule has 0 radical (unpaired) electrons. The maximum atomic E-state index is 13.8. The molecule has 0 aliphatic carbocycles. The van der Waals surface area contributed by atoms with Crippen molar-refractivity contribution in [1.82, 2.24) is 15.5 Å². The fraction of sp³-hybridized carbons (Fsp3) is 0.615. The number of phenols is 1. The van der Waals surface area contributed by atoms with Crippen molar-refractivity contribution in [1.29, 1.82) is 0 Å². The average Bonchev–Trinajstić information content (AvgIpc) is 3.51. The summed E-state index contributed by atoms with van der Waals surface area (Å²) >= 11 is 0. The second-order valence-corrected chi connectivity index (χ2v) is 15.4. The van der Waals surface area contributed by atoms with Crippen molar-refractivity contribution < 1.29 is 53.7 Å². The summed E-state index contributed by atoms with van der Waals surface area (Å²) in [5.41, 5.74) is 22.7. The second kappa shape index (κ2) is 23.1. The quantitative estimate of drug-likeness (QED) is 0.0308. The highest BCUT2D eigenvalue weighted by Crippen LogP contribution is 2.25. The Balaban J connectivity index is 2.24. The first kappa shape index (κ1) is 48.7. The second-order valence-electron chi connectivity index (χ2n) is 15.4. The number of hydrogen-bond acceptors (Lipinski definition) is 12. The number of hydrogen-bond donors (Lipinski definition) is 9. The van der Waals surface area contributed by atoms with Crippen LogP contribution < -0.4 is 33.6 Å². The van der Waals surface area contributed by atoms with E-state index in [2.05, 4.69) is 15.6 Å². The van der Waals surface area contributed by atoms with E-state index in [0.717, 1.165) is 0 Å². The number of primary amides is 1. The number of aliphatic carboxylic acids is 1. The number of nitrogens with zero attached hydrogens (tertiary/aromatic N) is 2. The lowest BCUT2D eigenvalue weighted by atomic mass is 9.86. The summed E-state index contributed by atoms with van der Waals surface area (Å²) in [7, 11) is 0. The monoisotopic (exact) mass is 816 g/mol. The summed E-state index contributed by atoms with van der Waals surface area (Å²) in [5, 5.41) is 34.9. The van der Waals surface area contributed by atoms with E-state index in [1.54, 1.807) is 26.0 Å². The molecule has 1 aliphatic heterocycles. The van der Waals surface area contributed by atoms with Gasteiger partial charge in [-0.2, -0.15) is 0 Å². The highest BCUT2D eigenvalue weighted by atomic mass is 16.4. The maximum Gasteiger partial charge on any atom is 0.303 e. The van der Waals surface area contributed by atoms with Crippen LogP contribution in [0.5, 0.6) is 5.75 Å². The lowest BCUT2D eigenvalue weighted by molar-refractivity contribution is -0.139. The maximum absolute atomic E-state index is 13.8. The Kier molecular flexibility index (Phi) is 19.4. The van der Waals surface area contributed by atoms with Gasteiger partial charge in [-0.25, -0.2) is 0 Å². The highest BCUT2D eigenvalue weighted by Gasteiger charge is 2.38. The lowest BCUT2D eigenvalue weighted by Crippen LogP contribution is -2.52. The zero-order valence-electron chi connectivity index (χ0n) is 33.6. The molecule has 19 nitrogen and oxygen atoms in total. The van der Waals surface area contributed by atoms with Gasteiger partial charge in [-0.1, -0.05) is 26.0 Å². The molecule has 0 aromatic heterocycles. The van der Waals surface area contributed by atoms with Crippen molar-refractivity contribution in [3.8, 4) is 5.75 Å². The van der Waals surface area contributed by atoms with E-state index in [1.165, 1.54) is 30.9 Å². The molecule has 322 valence electrons. The van der Waals surface area contributed by atoms with E-state index < -0.39 is 108 Å². The first-order valence-electron chi connectivity index (χ1n) is 19.4. The minimum atomic E-state index is -1.51. The topological polar surface area (TPSA) is 341 Å². The number of guanidine groups is 1. The molecule has 1 aliphatic rings. The molecule has 0 spiro atoms. The van der Waals surface area contributed by atoms with E-state index >= 15 is 0 Å². The fourth-order valence-electron chi connectivity index (χ4n) is 6.72. The molecule has 58 heavy (non-hydrogen) atoms. The van der Waals surface area contributed by atoms with Gasteiger partial charge in [0.1, 0.15) is 23.6 Å². The van der Waals surface area contributed by atoms with Crippen molar-refractivity contribution in [2.24, 2.45) is 51.6 Å². The van der Waals surface area contributed by atoms with E-state index in [-0.39, 0.29) is 69.2 Å². The number of aliphatic hydroxyl groups is 1. The Hall–Kier alpha value is -5.43. The molecular weight excluding hydrogens is 756 g/mol. The standard InChI is InChI=1S/C39H60N8O11/c1-20(2)27(38(58)45-29(11-12-34(54)55)31(51)15-24-16-33(53)47(19-24)21(3)36(41)56)18-32(52)35(22(4)48)46-37(57)25(14-23-7-9-26(49)10-8-23)17-30(50)28(40)6-5-13-44-39(42)43/h7-10,20-22,24-25,27-29,35,48-49H,5-6,11-19,40H2,1-4H3,(H2,41,56)(H,45,58)(H,46,57)(H,54,55)(H4,42,43,44)/t21-,22-,24-,25+,27-,28-,29-,35-/m1/s1. The Morgan fingerprint density at radius 1 is 0.897 bits per heavy atom. The van der Waals surface area contributed by atoms with Crippen LogP contribution in [0.3, 0.4) is 0 Å². The third kappa shape index (κ3) is 15.8. The van der Waals surface area contributed by atoms with Gasteiger partial charge in [0.05, 0.1) is 18.2 Å². The van der Waals surface area contributed by atoms with Crippen LogP contribution in [-0.2, 0) is 44.8 Å². The number of carbonyl (C=O) groups excluding carboxylic acids is 7. The number of benzene rings is 1. The summed E-state index contributed by atoms with van der Waals surface area (Å²) in [6.07, 6.45) is -2.59. The Bertz CT molecular complexity index is 1660. The minimum Gasteiger partial charge on any atom is -0.508 e. The van der Waals surface area contributed by atoms with E-state index in [4.69, 9.17) is 22.9 Å². The molecule has 2 rings (SSSR count). The summed E-state index contributed by atoms with van der Waals surface area (Å²) in [6.45, 7) is 6.37. The first-order chi connectivity index (χ1) is 27.1. The highest BCUT2D eigenvalue weighted by molar-refractivity contribution is 5.96. The number of aromatic hydroxyl groups is 1. The molecule has 0 bridgehead atoms. The zero-order valence-corrected chi connectivity index (χ0v) is 33.6. The summed E-state index contributed by atoms with van der Waals surface area (Å²) in [6, 6.07) is 1.34. The number of carbonyl (C=O) groups is 8. The predicted molar refractivity (Wildman–Crippen MR) is 211 cm³/mol. The van der Waals surface area contributed by atoms with E-state index in [0.29, 0.717) is 12.0 Å². The fourth-order valence-corrected chi connectivity index (χ4v) is 6.72. The van der Waals surface area contributed by atoms with Crippen molar-refractivity contribution in [3.05, 3.63) is 29.8 Å². The molecule has 1 aromatic carbocycles. The SMILES string of the molecule is CC(C)[C@@H](CC(=O)[C@H](NC(=O)[C@H](CC(=O)[C@H](N)CCCN=C(N)N)Cc1ccc(O)cc1)[C@@H](C)O)C(=O)N[C@H](CCC(=O)O)C(=O)C[C@@H]1CC(=O)N([C@H](C)C(N)=O)C1. The number of nitrogens with two attached hydrogens (primary N) is 4. The normalized spacial score (nSPS) is 17.6. The Morgan fingerprint density at radius 2 is 1.53 bits per heavy atom. The van der Waals surface area contributed by atoms with Crippen molar-refractivity contribution in [3.63, 3.8) is 0 Å². The van der Waals surface area contributed by atoms with Crippen molar-refractivity contribution in [2.75, 3.05) is 13.1 Å². The number of rotatable bonds is 26. The number of aliphatic imine (C=N–C) groups is 1. The lowest BCUT2D eigenvalue weighted by Gasteiger charge is -2.28. The third-order valence-corrected chi connectivity index (χ3v) is 10.3. The predicted octanol–water partition coefficient (Wildman–Crippen LogP) is -0.981. The molecule has 8 atom stereocenters. The van der Waals surface area contributed by atoms with Crippen LogP contribution in [0.25, 0.3) is 0 Å². The molecule has 0 saturated carbocycles. The van der Waals surface area contributed by atoms with Gasteiger partial charge in [-0.05, 0) is 69.1 Å². The molecule has 1 heterocycles. The molecule has 1 fully saturated rings. The van der Waals surface area contributed by atoms with Gasteiger partial charge in [-0.15, -0.1) is 0 Å². The van der Waals surface area contributed by atoms with Gasteiger partial charge in [0, 0.05) is 57.0 Å². The number of ketones is 3. The Morgan fingerprint density at radius 3 is 2.09 bits per heavy atom. The number of amides is 4. The zero-order chi connectivity index (χ0) is 43.9. The summed E-state index contributed by atoms with van der Waals surface area (Å²) < 4.78 is 0. The van der Waals surface area contributed by atoms with Crippen LogP contribution in [0.15, 0.2) is 29.3 Å². The largest absolute Gasteiger partial charge is 0.508 e. The van der Waals surface area contributed by atoms with Gasteiger partial charge in [0.15, 0.2) is 17.5 Å². The van der Waals surface area contributed by atoms with Crippen molar-refractivity contribution in [2.45, 2.75) is 116 Å². The smallest absolute Gasteiger partial charge is 0.303 e. The van der Waals surface area contributed by atoms with Gasteiger partial charge in [0.2, 0.25) is 23.6 Å². The van der Waals surface area contributed by atoms with Gasteiger partial charge >= 0.3 is 5.97 Å². The number of carboxylic acids is 1. The number of phenolic OH excluding ortho intramolecular Hbond substituents is 1. The molecule has 0 unspecified atom stereocenters.